The minimum absolute atomic E-state index is 0.0188. The molecular weight excluding hydrogens is 416 g/mol. The van der Waals surface area contributed by atoms with Crippen molar-refractivity contribution in [1.29, 1.82) is 0 Å². The third-order valence-electron chi connectivity index (χ3n) is 6.27. The van der Waals surface area contributed by atoms with Crippen molar-refractivity contribution >= 4 is 23.3 Å². The monoisotopic (exact) mass is 448 g/mol. The Labute approximate surface area is 195 Å². The van der Waals surface area contributed by atoms with Crippen molar-refractivity contribution < 1.29 is 14.3 Å². The SMILES string of the molecule is C=CCC(=O)N(c1ccc(CNc2c(OCC3CCCC3)cccc2C(N)=O)cn1)C1CC1. The molecule has 1 heterocycles. The van der Waals surface area contributed by atoms with E-state index in [4.69, 9.17) is 10.5 Å². The Morgan fingerprint density at radius 1 is 1.18 bits per heavy atom. The fourth-order valence-electron chi connectivity index (χ4n) is 4.35. The fourth-order valence-corrected chi connectivity index (χ4v) is 4.35. The number of hydrogen-bond acceptors (Lipinski definition) is 5. The Morgan fingerprint density at radius 2 is 1.97 bits per heavy atom. The van der Waals surface area contributed by atoms with Gasteiger partial charge in [-0.15, -0.1) is 6.58 Å². The average Bonchev–Trinajstić information content (AvgIpc) is 3.50. The van der Waals surface area contributed by atoms with Crippen molar-refractivity contribution in [3.63, 3.8) is 0 Å². The van der Waals surface area contributed by atoms with Crippen LogP contribution in [-0.2, 0) is 11.3 Å². The molecule has 0 spiro atoms. The third-order valence-corrected chi connectivity index (χ3v) is 6.27. The quantitative estimate of drug-likeness (QED) is 0.496. The van der Waals surface area contributed by atoms with Crippen LogP contribution in [0.3, 0.4) is 0 Å². The van der Waals surface area contributed by atoms with E-state index in [0.717, 1.165) is 18.4 Å². The number of nitrogens with one attached hydrogen (secondary N) is 1. The summed E-state index contributed by atoms with van der Waals surface area (Å²) >= 11 is 0. The lowest BCUT2D eigenvalue weighted by molar-refractivity contribution is -0.117. The van der Waals surface area contributed by atoms with Crippen LogP contribution in [0.1, 0.15) is 60.9 Å². The number of para-hydroxylation sites is 1. The molecule has 2 fully saturated rings. The van der Waals surface area contributed by atoms with Crippen molar-refractivity contribution in [2.24, 2.45) is 11.7 Å². The van der Waals surface area contributed by atoms with Gasteiger partial charge in [-0.05, 0) is 55.4 Å². The molecule has 2 aromatic rings. The highest BCUT2D eigenvalue weighted by molar-refractivity contribution is 6.00. The highest BCUT2D eigenvalue weighted by Gasteiger charge is 2.33. The molecule has 3 N–H and O–H groups in total. The first-order chi connectivity index (χ1) is 16.1. The Balaban J connectivity index is 1.46. The minimum Gasteiger partial charge on any atom is -0.491 e. The second-order valence-electron chi connectivity index (χ2n) is 8.87. The normalized spacial score (nSPS) is 15.8. The number of benzene rings is 1. The zero-order chi connectivity index (χ0) is 23.2. The summed E-state index contributed by atoms with van der Waals surface area (Å²) in [5, 5.41) is 3.32. The van der Waals surface area contributed by atoms with Crippen LogP contribution in [-0.4, -0.2) is 29.4 Å². The molecule has 0 saturated heterocycles. The van der Waals surface area contributed by atoms with Crippen LogP contribution in [0.15, 0.2) is 49.2 Å². The molecule has 7 nitrogen and oxygen atoms in total. The third kappa shape index (κ3) is 5.72. The maximum Gasteiger partial charge on any atom is 0.250 e. The van der Waals surface area contributed by atoms with E-state index in [9.17, 15) is 9.59 Å². The number of nitrogens with two attached hydrogens (primary N) is 1. The number of pyridine rings is 1. The van der Waals surface area contributed by atoms with E-state index >= 15 is 0 Å². The van der Waals surface area contributed by atoms with Crippen LogP contribution in [0.2, 0.25) is 0 Å². The maximum absolute atomic E-state index is 12.5. The van der Waals surface area contributed by atoms with Crippen molar-refractivity contribution in [2.75, 3.05) is 16.8 Å². The van der Waals surface area contributed by atoms with E-state index in [1.807, 2.05) is 18.2 Å². The molecule has 0 bridgehead atoms. The molecule has 0 unspecified atom stereocenters. The summed E-state index contributed by atoms with van der Waals surface area (Å²) in [7, 11) is 0. The number of nitrogens with zero attached hydrogens (tertiary/aromatic N) is 2. The van der Waals surface area contributed by atoms with Gasteiger partial charge in [-0.2, -0.15) is 0 Å². The summed E-state index contributed by atoms with van der Waals surface area (Å²) in [4.78, 5) is 30.8. The Morgan fingerprint density at radius 3 is 2.61 bits per heavy atom. The van der Waals surface area contributed by atoms with E-state index in [-0.39, 0.29) is 11.9 Å². The van der Waals surface area contributed by atoms with E-state index in [1.54, 1.807) is 29.3 Å². The van der Waals surface area contributed by atoms with Gasteiger partial charge >= 0.3 is 0 Å². The summed E-state index contributed by atoms with van der Waals surface area (Å²) in [5.41, 5.74) is 7.55. The van der Waals surface area contributed by atoms with Crippen molar-refractivity contribution in [3.05, 3.63) is 60.3 Å². The van der Waals surface area contributed by atoms with E-state index in [1.165, 1.54) is 25.7 Å². The molecule has 2 aliphatic carbocycles. The number of carbonyl (C=O) groups is 2. The smallest absolute Gasteiger partial charge is 0.250 e. The molecule has 1 aromatic heterocycles. The summed E-state index contributed by atoms with van der Waals surface area (Å²) < 4.78 is 6.10. The molecule has 2 aliphatic rings. The number of hydrogen-bond donors (Lipinski definition) is 2. The fraction of sp³-hybridized carbons (Fsp3) is 0.423. The van der Waals surface area contributed by atoms with Crippen LogP contribution < -0.4 is 20.7 Å². The summed E-state index contributed by atoms with van der Waals surface area (Å²) in [6.07, 6.45) is 10.6. The highest BCUT2D eigenvalue weighted by Crippen LogP contribution is 2.33. The maximum atomic E-state index is 12.5. The zero-order valence-electron chi connectivity index (χ0n) is 19.0. The Kier molecular flexibility index (Phi) is 7.27. The number of carbonyl (C=O) groups excluding carboxylic acids is 2. The number of rotatable bonds is 11. The van der Waals surface area contributed by atoms with Gasteiger partial charge in [0.05, 0.1) is 17.9 Å². The molecule has 0 aliphatic heterocycles. The van der Waals surface area contributed by atoms with E-state index in [2.05, 4.69) is 16.9 Å². The largest absolute Gasteiger partial charge is 0.491 e. The molecule has 174 valence electrons. The lowest BCUT2D eigenvalue weighted by atomic mass is 10.1. The van der Waals surface area contributed by atoms with Gasteiger partial charge in [-0.25, -0.2) is 4.98 Å². The van der Waals surface area contributed by atoms with Crippen molar-refractivity contribution in [3.8, 4) is 5.75 Å². The molecular formula is C26H32N4O3. The average molecular weight is 449 g/mol. The minimum atomic E-state index is -0.502. The second kappa shape index (κ2) is 10.5. The first kappa shape index (κ1) is 22.8. The number of ether oxygens (including phenoxy) is 1. The number of amides is 2. The standard InChI is InChI=1S/C26H32N4O3/c1-2-6-24(31)30(20-12-13-20)23-14-11-19(15-28-23)16-29-25-21(26(27)32)9-5-10-22(25)33-17-18-7-3-4-8-18/h2,5,9-11,14-15,18,20,29H,1,3-4,6-8,12-13,16-17H2,(H2,27,32). The van der Waals surface area contributed by atoms with Gasteiger partial charge in [-0.1, -0.05) is 31.1 Å². The predicted octanol–water partition coefficient (Wildman–Crippen LogP) is 4.43. The van der Waals surface area contributed by atoms with Gasteiger partial charge < -0.3 is 15.8 Å². The lowest BCUT2D eigenvalue weighted by Gasteiger charge is -2.21. The van der Waals surface area contributed by atoms with Crippen LogP contribution >= 0.6 is 0 Å². The molecule has 1 aromatic carbocycles. The molecule has 7 heteroatoms. The van der Waals surface area contributed by atoms with Crippen LogP contribution in [0.5, 0.6) is 5.75 Å². The van der Waals surface area contributed by atoms with Crippen LogP contribution in [0.4, 0.5) is 11.5 Å². The van der Waals surface area contributed by atoms with Gasteiger partial charge in [0.1, 0.15) is 11.6 Å². The molecule has 33 heavy (non-hydrogen) atoms. The molecule has 0 radical (unpaired) electrons. The molecule has 4 rings (SSSR count). The van der Waals surface area contributed by atoms with Gasteiger partial charge in [0.2, 0.25) is 5.91 Å². The number of primary amides is 1. The van der Waals surface area contributed by atoms with Gasteiger partial charge in [0.15, 0.2) is 0 Å². The summed E-state index contributed by atoms with van der Waals surface area (Å²) in [6.45, 7) is 4.75. The van der Waals surface area contributed by atoms with E-state index < -0.39 is 5.91 Å². The van der Waals surface area contributed by atoms with Crippen LogP contribution in [0.25, 0.3) is 0 Å². The number of aromatic nitrogens is 1. The van der Waals surface area contributed by atoms with Crippen LogP contribution in [0, 0.1) is 5.92 Å². The van der Waals surface area contributed by atoms with Crippen molar-refractivity contribution in [2.45, 2.75) is 57.5 Å². The van der Waals surface area contributed by atoms with Gasteiger partial charge in [0, 0.05) is 25.2 Å². The Hall–Kier alpha value is -3.35. The topological polar surface area (TPSA) is 97.5 Å². The van der Waals surface area contributed by atoms with Crippen molar-refractivity contribution in [1.82, 2.24) is 4.98 Å². The lowest BCUT2D eigenvalue weighted by Crippen LogP contribution is -2.33. The zero-order valence-corrected chi connectivity index (χ0v) is 19.0. The first-order valence-electron chi connectivity index (χ1n) is 11.7. The highest BCUT2D eigenvalue weighted by atomic mass is 16.5. The summed E-state index contributed by atoms with van der Waals surface area (Å²) in [6, 6.07) is 9.40. The summed E-state index contributed by atoms with van der Waals surface area (Å²) in [5.74, 6) is 1.37. The second-order valence-corrected chi connectivity index (χ2v) is 8.87. The predicted molar refractivity (Wildman–Crippen MR) is 129 cm³/mol. The molecule has 0 atom stereocenters. The Bertz CT molecular complexity index is 995. The molecule has 2 saturated carbocycles. The van der Waals surface area contributed by atoms with Gasteiger partial charge in [0.25, 0.3) is 5.91 Å². The van der Waals surface area contributed by atoms with E-state index in [0.29, 0.717) is 48.3 Å². The molecule has 2 amide bonds. The van der Waals surface area contributed by atoms with Gasteiger partial charge in [-0.3, -0.25) is 14.5 Å². The number of anilines is 2. The first-order valence-corrected chi connectivity index (χ1v) is 11.7.